The van der Waals surface area contributed by atoms with Crippen molar-refractivity contribution in [1.82, 2.24) is 9.88 Å². The molecule has 17 heavy (non-hydrogen) atoms. The van der Waals surface area contributed by atoms with E-state index in [1.807, 2.05) is 6.20 Å². The van der Waals surface area contributed by atoms with Gasteiger partial charge in [0.1, 0.15) is 0 Å². The molecule has 0 spiro atoms. The van der Waals surface area contributed by atoms with Crippen LogP contribution >= 0.6 is 0 Å². The molecule has 0 aromatic carbocycles. The number of aromatic nitrogens is 1. The second kappa shape index (κ2) is 5.47. The molecule has 1 aliphatic rings. The molecule has 1 aliphatic heterocycles. The molecule has 0 radical (unpaired) electrons. The second-order valence-electron chi connectivity index (χ2n) is 4.75. The van der Waals surface area contributed by atoms with E-state index in [4.69, 9.17) is 5.73 Å². The van der Waals surface area contributed by atoms with E-state index in [0.717, 1.165) is 38.3 Å². The fourth-order valence-corrected chi connectivity index (χ4v) is 2.08. The first-order chi connectivity index (χ1) is 8.20. The highest BCUT2D eigenvalue weighted by atomic mass is 15.2. The summed E-state index contributed by atoms with van der Waals surface area (Å²) in [6.07, 6.45) is 2.89. The minimum atomic E-state index is 0.0662. The van der Waals surface area contributed by atoms with Crippen LogP contribution < -0.4 is 10.6 Å². The molecule has 0 aliphatic carbocycles. The number of piperazine rings is 1. The normalized spacial score (nSPS) is 19.4. The van der Waals surface area contributed by atoms with Gasteiger partial charge in [-0.2, -0.15) is 0 Å². The number of anilines is 1. The van der Waals surface area contributed by atoms with Crippen molar-refractivity contribution >= 4 is 5.69 Å². The summed E-state index contributed by atoms with van der Waals surface area (Å²) < 4.78 is 0. The fourth-order valence-electron chi connectivity index (χ4n) is 2.08. The summed E-state index contributed by atoms with van der Waals surface area (Å²) >= 11 is 0. The van der Waals surface area contributed by atoms with Crippen molar-refractivity contribution in [2.24, 2.45) is 5.73 Å². The maximum atomic E-state index is 5.96. The van der Waals surface area contributed by atoms with Gasteiger partial charge in [-0.15, -0.1) is 0 Å². The highest BCUT2D eigenvalue weighted by molar-refractivity contribution is 5.45. The topological polar surface area (TPSA) is 45.4 Å². The van der Waals surface area contributed by atoms with Crippen LogP contribution in [0.15, 0.2) is 18.3 Å². The summed E-state index contributed by atoms with van der Waals surface area (Å²) in [5.41, 5.74) is 8.16. The van der Waals surface area contributed by atoms with Gasteiger partial charge in [0.2, 0.25) is 0 Å². The van der Waals surface area contributed by atoms with E-state index in [-0.39, 0.29) is 6.04 Å². The maximum absolute atomic E-state index is 5.96. The van der Waals surface area contributed by atoms with Gasteiger partial charge in [0.25, 0.3) is 0 Å². The molecule has 4 heteroatoms. The third kappa shape index (κ3) is 2.96. The van der Waals surface area contributed by atoms with Crippen LogP contribution in [-0.2, 0) is 0 Å². The quantitative estimate of drug-likeness (QED) is 0.855. The van der Waals surface area contributed by atoms with Gasteiger partial charge < -0.3 is 15.5 Å². The molecular weight excluding hydrogens is 212 g/mol. The highest BCUT2D eigenvalue weighted by Crippen LogP contribution is 2.18. The summed E-state index contributed by atoms with van der Waals surface area (Å²) in [7, 11) is 2.17. The van der Waals surface area contributed by atoms with Crippen LogP contribution in [-0.4, -0.2) is 43.1 Å². The monoisotopic (exact) mass is 234 g/mol. The molecule has 2 rings (SSSR count). The molecule has 0 saturated carbocycles. The summed E-state index contributed by atoms with van der Waals surface area (Å²) in [5.74, 6) is 0. The third-order valence-electron chi connectivity index (χ3n) is 3.46. The van der Waals surface area contributed by atoms with Crippen LogP contribution in [0.1, 0.15) is 25.1 Å². The van der Waals surface area contributed by atoms with Gasteiger partial charge in [-0.05, 0) is 25.6 Å². The number of pyridine rings is 1. The zero-order valence-corrected chi connectivity index (χ0v) is 10.8. The van der Waals surface area contributed by atoms with Crippen molar-refractivity contribution in [2.75, 3.05) is 38.1 Å². The predicted octanol–water partition coefficient (Wildman–Crippen LogP) is 1.24. The molecule has 1 aromatic rings. The van der Waals surface area contributed by atoms with Crippen molar-refractivity contribution < 1.29 is 0 Å². The molecule has 0 amide bonds. The minimum absolute atomic E-state index is 0.0662. The smallest absolute Gasteiger partial charge is 0.0572 e. The van der Waals surface area contributed by atoms with Gasteiger partial charge in [-0.3, -0.25) is 4.98 Å². The van der Waals surface area contributed by atoms with Gasteiger partial charge >= 0.3 is 0 Å². The lowest BCUT2D eigenvalue weighted by Crippen LogP contribution is -2.44. The Morgan fingerprint density at radius 2 is 2.00 bits per heavy atom. The van der Waals surface area contributed by atoms with Crippen LogP contribution in [0.2, 0.25) is 0 Å². The summed E-state index contributed by atoms with van der Waals surface area (Å²) in [4.78, 5) is 9.20. The van der Waals surface area contributed by atoms with Crippen molar-refractivity contribution in [3.05, 3.63) is 24.0 Å². The van der Waals surface area contributed by atoms with Crippen molar-refractivity contribution in [3.63, 3.8) is 0 Å². The number of hydrogen-bond acceptors (Lipinski definition) is 4. The van der Waals surface area contributed by atoms with E-state index in [1.54, 1.807) is 0 Å². The van der Waals surface area contributed by atoms with Crippen LogP contribution in [0.5, 0.6) is 0 Å². The zero-order chi connectivity index (χ0) is 12.3. The highest BCUT2D eigenvalue weighted by Gasteiger charge is 2.14. The lowest BCUT2D eigenvalue weighted by Gasteiger charge is -2.33. The Kier molecular flexibility index (Phi) is 3.97. The van der Waals surface area contributed by atoms with Crippen LogP contribution in [0, 0.1) is 0 Å². The first-order valence-corrected chi connectivity index (χ1v) is 6.35. The second-order valence-corrected chi connectivity index (χ2v) is 4.75. The van der Waals surface area contributed by atoms with Crippen LogP contribution in [0.4, 0.5) is 5.69 Å². The Bertz CT molecular complexity index is 341. The predicted molar refractivity (Wildman–Crippen MR) is 71.2 cm³/mol. The summed E-state index contributed by atoms with van der Waals surface area (Å²) in [6, 6.07) is 4.27. The van der Waals surface area contributed by atoms with E-state index in [0.29, 0.717) is 0 Å². The summed E-state index contributed by atoms with van der Waals surface area (Å²) in [6.45, 7) is 6.49. The van der Waals surface area contributed by atoms with Gasteiger partial charge in [-0.1, -0.05) is 6.92 Å². The molecule has 1 fully saturated rings. The molecule has 1 unspecified atom stereocenters. The van der Waals surface area contributed by atoms with Gasteiger partial charge in [0.15, 0.2) is 0 Å². The zero-order valence-electron chi connectivity index (χ0n) is 10.8. The largest absolute Gasteiger partial charge is 0.368 e. The molecule has 94 valence electrons. The Balaban J connectivity index is 2.02. The first kappa shape index (κ1) is 12.3. The third-order valence-corrected chi connectivity index (χ3v) is 3.46. The average Bonchev–Trinajstić information content (AvgIpc) is 2.39. The van der Waals surface area contributed by atoms with Gasteiger partial charge in [0, 0.05) is 32.2 Å². The minimum Gasteiger partial charge on any atom is -0.368 e. The van der Waals surface area contributed by atoms with Crippen molar-refractivity contribution in [2.45, 2.75) is 19.4 Å². The Morgan fingerprint density at radius 1 is 1.29 bits per heavy atom. The molecule has 1 saturated heterocycles. The lowest BCUT2D eigenvalue weighted by molar-refractivity contribution is 0.313. The number of nitrogens with zero attached hydrogens (tertiary/aromatic N) is 3. The van der Waals surface area contributed by atoms with Crippen molar-refractivity contribution in [3.8, 4) is 0 Å². The van der Waals surface area contributed by atoms with Crippen molar-refractivity contribution in [1.29, 1.82) is 0 Å². The van der Waals surface area contributed by atoms with Gasteiger partial charge in [-0.25, -0.2) is 0 Å². The number of hydrogen-bond donors (Lipinski definition) is 1. The Hall–Kier alpha value is -1.13. The molecule has 1 aromatic heterocycles. The van der Waals surface area contributed by atoms with E-state index in [9.17, 15) is 0 Å². The molecular formula is C13H22N4. The van der Waals surface area contributed by atoms with E-state index >= 15 is 0 Å². The van der Waals surface area contributed by atoms with E-state index in [2.05, 4.69) is 40.9 Å². The molecule has 0 bridgehead atoms. The van der Waals surface area contributed by atoms with Crippen LogP contribution in [0.25, 0.3) is 0 Å². The summed E-state index contributed by atoms with van der Waals surface area (Å²) in [5, 5.41) is 0. The molecule has 2 heterocycles. The van der Waals surface area contributed by atoms with E-state index < -0.39 is 0 Å². The Labute approximate surface area is 103 Å². The first-order valence-electron chi connectivity index (χ1n) is 6.35. The number of nitrogens with two attached hydrogens (primary N) is 1. The Morgan fingerprint density at radius 3 is 2.53 bits per heavy atom. The average molecular weight is 234 g/mol. The SMILES string of the molecule is CCC(N)c1ccc(N2CCN(C)CC2)cn1. The lowest BCUT2D eigenvalue weighted by atomic mass is 10.1. The number of rotatable bonds is 3. The standard InChI is InChI=1S/C13H22N4/c1-3-12(14)13-5-4-11(10-15-13)17-8-6-16(2)7-9-17/h4-5,10,12H,3,6-9,14H2,1-2H3. The van der Waals surface area contributed by atoms with E-state index in [1.165, 1.54) is 5.69 Å². The molecule has 4 nitrogen and oxygen atoms in total. The molecule has 2 N–H and O–H groups in total. The molecule has 1 atom stereocenters. The van der Waals surface area contributed by atoms with Gasteiger partial charge in [0.05, 0.1) is 17.6 Å². The maximum Gasteiger partial charge on any atom is 0.0572 e. The van der Waals surface area contributed by atoms with Crippen LogP contribution in [0.3, 0.4) is 0 Å². The number of likely N-dealkylation sites (N-methyl/N-ethyl adjacent to an activating group) is 1. The fraction of sp³-hybridized carbons (Fsp3) is 0.615.